The predicted octanol–water partition coefficient (Wildman–Crippen LogP) is 3.49. The van der Waals surface area contributed by atoms with Crippen molar-refractivity contribution in [3.05, 3.63) is 33.9 Å². The first-order chi connectivity index (χ1) is 9.58. The van der Waals surface area contributed by atoms with Gasteiger partial charge in [0.1, 0.15) is 0 Å². The van der Waals surface area contributed by atoms with Crippen molar-refractivity contribution in [2.45, 2.75) is 39.5 Å². The number of amides is 1. The number of benzene rings is 1. The Hall–Kier alpha value is -2.35. The Balaban J connectivity index is 3.06. The average molecular weight is 274 g/mol. The van der Waals surface area contributed by atoms with Gasteiger partial charge >= 0.3 is 0 Å². The quantitative estimate of drug-likeness (QED) is 0.507. The summed E-state index contributed by atoms with van der Waals surface area (Å²) < 4.78 is 0. The van der Waals surface area contributed by atoms with Crippen molar-refractivity contribution in [1.29, 1.82) is 0 Å². The van der Waals surface area contributed by atoms with Crippen LogP contribution in [0.2, 0.25) is 0 Å². The number of hydrogen-bond donors (Lipinski definition) is 1. The van der Waals surface area contributed by atoms with Crippen LogP contribution in [0.3, 0.4) is 0 Å². The van der Waals surface area contributed by atoms with Crippen LogP contribution in [0.15, 0.2) is 18.2 Å². The molecular weight excluding hydrogens is 256 g/mol. The summed E-state index contributed by atoms with van der Waals surface area (Å²) in [6, 6.07) is 4.29. The lowest BCUT2D eigenvalue weighted by molar-refractivity contribution is -0.384. The van der Waals surface area contributed by atoms with Crippen molar-refractivity contribution in [2.75, 3.05) is 5.32 Å². The molecular formula is C15H18N2O3. The molecule has 0 saturated heterocycles. The fourth-order valence-electron chi connectivity index (χ4n) is 1.58. The maximum absolute atomic E-state index is 11.6. The van der Waals surface area contributed by atoms with E-state index in [1.807, 2.05) is 13.8 Å². The Morgan fingerprint density at radius 3 is 2.70 bits per heavy atom. The molecule has 0 heterocycles. The average Bonchev–Trinajstić information content (AvgIpc) is 2.40. The molecule has 0 fully saturated rings. The second-order valence-electron chi connectivity index (χ2n) is 4.34. The first-order valence-electron chi connectivity index (χ1n) is 6.65. The number of nitrogens with one attached hydrogen (secondary N) is 1. The van der Waals surface area contributed by atoms with Crippen molar-refractivity contribution < 1.29 is 9.72 Å². The molecule has 0 unspecified atom stereocenters. The third-order valence-corrected chi connectivity index (χ3v) is 2.56. The highest BCUT2D eigenvalue weighted by Gasteiger charge is 2.11. The highest BCUT2D eigenvalue weighted by Crippen LogP contribution is 2.21. The zero-order valence-corrected chi connectivity index (χ0v) is 11.7. The topological polar surface area (TPSA) is 72.2 Å². The maximum Gasteiger partial charge on any atom is 0.270 e. The Bertz CT molecular complexity index is 556. The molecule has 5 nitrogen and oxygen atoms in total. The summed E-state index contributed by atoms with van der Waals surface area (Å²) in [6.07, 6.45) is 2.79. The Labute approximate surface area is 118 Å². The molecule has 0 radical (unpaired) electrons. The highest BCUT2D eigenvalue weighted by atomic mass is 16.6. The van der Waals surface area contributed by atoms with Crippen LogP contribution >= 0.6 is 0 Å². The first-order valence-corrected chi connectivity index (χ1v) is 6.65. The molecule has 1 amide bonds. The van der Waals surface area contributed by atoms with Gasteiger partial charge in [0.25, 0.3) is 5.69 Å². The second-order valence-corrected chi connectivity index (χ2v) is 4.34. The van der Waals surface area contributed by atoms with E-state index in [1.165, 1.54) is 18.2 Å². The van der Waals surface area contributed by atoms with Crippen LogP contribution in [-0.4, -0.2) is 10.8 Å². The molecule has 1 aromatic rings. The SMILES string of the molecule is CCCC#Cc1cc([N+](=O)[O-])ccc1NC(=O)CCC. The molecule has 106 valence electrons. The zero-order chi connectivity index (χ0) is 15.0. The molecule has 1 rings (SSSR count). The molecule has 1 N–H and O–H groups in total. The van der Waals surface area contributed by atoms with E-state index in [4.69, 9.17) is 0 Å². The normalized spacial score (nSPS) is 9.50. The minimum Gasteiger partial charge on any atom is -0.325 e. The highest BCUT2D eigenvalue weighted by molar-refractivity contribution is 5.92. The standard InChI is InChI=1S/C15H18N2O3/c1-3-5-6-8-12-11-13(17(19)20)9-10-14(12)16-15(18)7-4-2/h9-11H,3-5,7H2,1-2H3,(H,16,18). The Morgan fingerprint density at radius 2 is 2.10 bits per heavy atom. The molecule has 0 saturated carbocycles. The monoisotopic (exact) mass is 274 g/mol. The van der Waals surface area contributed by atoms with Gasteiger partial charge in [-0.3, -0.25) is 14.9 Å². The van der Waals surface area contributed by atoms with E-state index in [-0.39, 0.29) is 11.6 Å². The van der Waals surface area contributed by atoms with E-state index < -0.39 is 4.92 Å². The Kier molecular flexibility index (Phi) is 6.24. The van der Waals surface area contributed by atoms with Crippen LogP contribution in [0.1, 0.15) is 45.1 Å². The molecule has 1 aromatic carbocycles. The van der Waals surface area contributed by atoms with Crippen LogP contribution in [-0.2, 0) is 4.79 Å². The third kappa shape index (κ3) is 4.73. The maximum atomic E-state index is 11.6. The van der Waals surface area contributed by atoms with Gasteiger partial charge in [-0.25, -0.2) is 0 Å². The summed E-state index contributed by atoms with van der Waals surface area (Å²) in [6.45, 7) is 3.92. The minimum absolute atomic E-state index is 0.0284. The largest absolute Gasteiger partial charge is 0.325 e. The predicted molar refractivity (Wildman–Crippen MR) is 78.4 cm³/mol. The van der Waals surface area contributed by atoms with E-state index in [0.717, 1.165) is 12.8 Å². The number of carbonyl (C=O) groups is 1. The summed E-state index contributed by atoms with van der Waals surface area (Å²) in [4.78, 5) is 21.9. The summed E-state index contributed by atoms with van der Waals surface area (Å²) >= 11 is 0. The number of nitro benzene ring substituents is 1. The number of carbonyl (C=O) groups excluding carboxylic acids is 1. The lowest BCUT2D eigenvalue weighted by Crippen LogP contribution is -2.11. The van der Waals surface area contributed by atoms with Gasteiger partial charge < -0.3 is 5.32 Å². The van der Waals surface area contributed by atoms with Gasteiger partial charge in [0.2, 0.25) is 5.91 Å². The van der Waals surface area contributed by atoms with Gasteiger partial charge in [-0.05, 0) is 18.9 Å². The summed E-state index contributed by atoms with van der Waals surface area (Å²) in [7, 11) is 0. The van der Waals surface area contributed by atoms with Crippen molar-refractivity contribution in [2.24, 2.45) is 0 Å². The number of unbranched alkanes of at least 4 members (excludes halogenated alkanes) is 1. The van der Waals surface area contributed by atoms with Crippen molar-refractivity contribution in [3.8, 4) is 11.8 Å². The number of nitro groups is 1. The third-order valence-electron chi connectivity index (χ3n) is 2.56. The van der Waals surface area contributed by atoms with Gasteiger partial charge in [0.05, 0.1) is 16.2 Å². The van der Waals surface area contributed by atoms with Gasteiger partial charge in [0, 0.05) is 25.0 Å². The van der Waals surface area contributed by atoms with Gasteiger partial charge in [0.15, 0.2) is 0 Å². The molecule has 0 spiro atoms. The lowest BCUT2D eigenvalue weighted by Gasteiger charge is -2.06. The van der Waals surface area contributed by atoms with E-state index in [0.29, 0.717) is 24.1 Å². The minimum atomic E-state index is -0.470. The molecule has 0 aliphatic rings. The van der Waals surface area contributed by atoms with E-state index >= 15 is 0 Å². The number of rotatable bonds is 5. The smallest absolute Gasteiger partial charge is 0.270 e. The molecule has 20 heavy (non-hydrogen) atoms. The van der Waals surface area contributed by atoms with Gasteiger partial charge in [-0.1, -0.05) is 25.7 Å². The van der Waals surface area contributed by atoms with Crippen LogP contribution < -0.4 is 5.32 Å². The van der Waals surface area contributed by atoms with Gasteiger partial charge in [-0.15, -0.1) is 0 Å². The molecule has 0 aliphatic carbocycles. The number of hydrogen-bond acceptors (Lipinski definition) is 3. The molecule has 0 bridgehead atoms. The number of nitrogens with zero attached hydrogens (tertiary/aromatic N) is 1. The fourth-order valence-corrected chi connectivity index (χ4v) is 1.58. The van der Waals surface area contributed by atoms with Crippen LogP contribution in [0.25, 0.3) is 0 Å². The van der Waals surface area contributed by atoms with Crippen molar-refractivity contribution >= 4 is 17.3 Å². The van der Waals surface area contributed by atoms with Crippen LogP contribution in [0.4, 0.5) is 11.4 Å². The molecule has 0 atom stereocenters. The molecule has 0 aliphatic heterocycles. The summed E-state index contributed by atoms with van der Waals surface area (Å²) in [5, 5.41) is 13.5. The lowest BCUT2D eigenvalue weighted by atomic mass is 10.1. The number of anilines is 1. The molecule has 5 heteroatoms. The second kappa shape index (κ2) is 7.95. The van der Waals surface area contributed by atoms with Gasteiger partial charge in [-0.2, -0.15) is 0 Å². The summed E-state index contributed by atoms with van der Waals surface area (Å²) in [5.41, 5.74) is 0.981. The Morgan fingerprint density at radius 1 is 1.35 bits per heavy atom. The number of non-ortho nitro benzene ring substituents is 1. The van der Waals surface area contributed by atoms with Crippen LogP contribution in [0, 0.1) is 22.0 Å². The van der Waals surface area contributed by atoms with E-state index in [2.05, 4.69) is 17.2 Å². The van der Waals surface area contributed by atoms with Crippen molar-refractivity contribution in [3.63, 3.8) is 0 Å². The first kappa shape index (κ1) is 15.7. The summed E-state index contributed by atoms with van der Waals surface area (Å²) in [5.74, 6) is 5.72. The van der Waals surface area contributed by atoms with E-state index in [1.54, 1.807) is 0 Å². The van der Waals surface area contributed by atoms with Crippen LogP contribution in [0.5, 0.6) is 0 Å². The molecule has 0 aromatic heterocycles. The van der Waals surface area contributed by atoms with Crippen molar-refractivity contribution in [1.82, 2.24) is 0 Å². The van der Waals surface area contributed by atoms with E-state index in [9.17, 15) is 14.9 Å². The zero-order valence-electron chi connectivity index (χ0n) is 11.7. The fraction of sp³-hybridized carbons (Fsp3) is 0.400.